The van der Waals surface area contributed by atoms with Gasteiger partial charge in [-0.1, -0.05) is 35.8 Å². The second-order valence-electron chi connectivity index (χ2n) is 10.2. The lowest BCUT2D eigenvalue weighted by Gasteiger charge is -2.19. The van der Waals surface area contributed by atoms with Crippen LogP contribution < -0.4 is 16.0 Å². The van der Waals surface area contributed by atoms with Crippen LogP contribution in [0.15, 0.2) is 61.4 Å². The van der Waals surface area contributed by atoms with Gasteiger partial charge in [-0.05, 0) is 90.8 Å². The second kappa shape index (κ2) is 9.64. The molecule has 1 saturated heterocycles. The van der Waals surface area contributed by atoms with Crippen LogP contribution in [0.1, 0.15) is 30.4 Å². The first kappa shape index (κ1) is 24.2. The molecule has 3 heterocycles. The first-order valence-electron chi connectivity index (χ1n) is 12.7. The van der Waals surface area contributed by atoms with Crippen molar-refractivity contribution in [2.75, 3.05) is 23.3 Å². The second-order valence-corrected chi connectivity index (χ2v) is 11.0. The number of anilines is 3. The quantitative estimate of drug-likeness (QED) is 0.269. The topological polar surface area (TPSA) is 67.1 Å². The number of pyridine rings is 2. The monoisotopic (exact) mass is 529 g/mol. The fourth-order valence-corrected chi connectivity index (χ4v) is 5.49. The molecule has 0 amide bonds. The van der Waals surface area contributed by atoms with Gasteiger partial charge in [-0.3, -0.25) is 4.98 Å². The lowest BCUT2D eigenvalue weighted by molar-refractivity contribution is 0.751. The minimum atomic E-state index is 0.214. The highest BCUT2D eigenvalue weighted by Crippen LogP contribution is 2.45. The molecule has 2 aromatic carbocycles. The van der Waals surface area contributed by atoms with E-state index in [2.05, 4.69) is 41.1 Å². The number of nitrogens with zero attached hydrogens (tertiary/aromatic N) is 3. The van der Waals surface area contributed by atoms with E-state index in [0.717, 1.165) is 75.4 Å². The molecule has 1 unspecified atom stereocenters. The van der Waals surface area contributed by atoms with Crippen molar-refractivity contribution >= 4 is 56.9 Å². The molecule has 188 valence electrons. The predicted molar refractivity (Wildman–Crippen MR) is 156 cm³/mol. The Bertz CT molecular complexity index is 1490. The van der Waals surface area contributed by atoms with Crippen LogP contribution in [0.25, 0.3) is 27.6 Å². The van der Waals surface area contributed by atoms with Crippen LogP contribution in [0.3, 0.4) is 0 Å². The van der Waals surface area contributed by atoms with Crippen molar-refractivity contribution in [1.29, 1.82) is 0 Å². The smallest absolute Gasteiger partial charge is 0.128 e. The van der Waals surface area contributed by atoms with Crippen molar-refractivity contribution in [3.63, 3.8) is 0 Å². The Hall–Kier alpha value is -3.12. The Morgan fingerprint density at radius 2 is 1.78 bits per heavy atom. The lowest BCUT2D eigenvalue weighted by atomic mass is 9.97. The summed E-state index contributed by atoms with van der Waals surface area (Å²) in [4.78, 5) is 11.7. The van der Waals surface area contributed by atoms with Crippen molar-refractivity contribution in [1.82, 2.24) is 9.97 Å². The molecule has 4 aromatic rings. The maximum absolute atomic E-state index is 6.46. The number of rotatable bonds is 6. The maximum Gasteiger partial charge on any atom is 0.128 e. The summed E-state index contributed by atoms with van der Waals surface area (Å²) in [5, 5.41) is 5.98. The number of nitrogens with one attached hydrogen (secondary N) is 1. The van der Waals surface area contributed by atoms with Gasteiger partial charge >= 0.3 is 0 Å². The molecule has 0 bridgehead atoms. The largest absolute Gasteiger partial charge is 0.355 e. The Morgan fingerprint density at radius 3 is 2.43 bits per heavy atom. The van der Waals surface area contributed by atoms with E-state index >= 15 is 0 Å². The third-order valence-corrected chi connectivity index (χ3v) is 8.25. The molecule has 0 spiro atoms. The van der Waals surface area contributed by atoms with E-state index in [4.69, 9.17) is 38.9 Å². The number of allylic oxidation sites excluding steroid dienone is 1. The summed E-state index contributed by atoms with van der Waals surface area (Å²) < 4.78 is 0. The van der Waals surface area contributed by atoms with Crippen LogP contribution in [0.5, 0.6) is 0 Å². The van der Waals surface area contributed by atoms with Gasteiger partial charge in [-0.15, -0.1) is 0 Å². The Labute approximate surface area is 227 Å². The first-order valence-corrected chi connectivity index (χ1v) is 13.4. The zero-order chi connectivity index (χ0) is 25.7. The van der Waals surface area contributed by atoms with Gasteiger partial charge in [-0.25, -0.2) is 4.98 Å². The lowest BCUT2D eigenvalue weighted by Crippen LogP contribution is -2.26. The minimum absolute atomic E-state index is 0.214. The van der Waals surface area contributed by atoms with Crippen LogP contribution >= 0.6 is 23.2 Å². The van der Waals surface area contributed by atoms with Crippen molar-refractivity contribution < 1.29 is 0 Å². The van der Waals surface area contributed by atoms with Gasteiger partial charge in [0.05, 0.1) is 23.1 Å². The zero-order valence-corrected chi connectivity index (χ0v) is 22.3. The van der Waals surface area contributed by atoms with Gasteiger partial charge in [0, 0.05) is 46.3 Å². The van der Waals surface area contributed by atoms with Crippen LogP contribution in [-0.4, -0.2) is 29.1 Å². The number of hydrogen-bond donors (Lipinski definition) is 2. The molecule has 2 fully saturated rings. The molecule has 3 N–H and O–H groups in total. The van der Waals surface area contributed by atoms with E-state index in [0.29, 0.717) is 16.0 Å². The van der Waals surface area contributed by atoms with Crippen molar-refractivity contribution in [2.45, 2.75) is 32.2 Å². The summed E-state index contributed by atoms with van der Waals surface area (Å²) in [6.45, 7) is 8.14. The van der Waals surface area contributed by atoms with E-state index < -0.39 is 0 Å². The Kier molecular flexibility index (Phi) is 6.31. The summed E-state index contributed by atoms with van der Waals surface area (Å²) in [5.41, 5.74) is 13.9. The van der Waals surface area contributed by atoms with E-state index in [1.807, 2.05) is 37.5 Å². The molecule has 7 heteroatoms. The molecule has 6 rings (SSSR count). The number of nitrogens with two attached hydrogens (primary N) is 1. The molecule has 0 radical (unpaired) electrons. The van der Waals surface area contributed by atoms with Crippen LogP contribution in [0, 0.1) is 12.8 Å². The van der Waals surface area contributed by atoms with Gasteiger partial charge in [0.15, 0.2) is 0 Å². The predicted octanol–water partition coefficient (Wildman–Crippen LogP) is 7.62. The molecule has 1 aliphatic heterocycles. The van der Waals surface area contributed by atoms with E-state index in [1.165, 1.54) is 12.8 Å². The van der Waals surface area contributed by atoms with E-state index in [1.54, 1.807) is 0 Å². The number of hydrogen-bond acceptors (Lipinski definition) is 5. The zero-order valence-electron chi connectivity index (χ0n) is 20.8. The fourth-order valence-electron chi connectivity index (χ4n) is 5.00. The summed E-state index contributed by atoms with van der Waals surface area (Å²) in [6.07, 6.45) is 7.17. The minimum Gasteiger partial charge on any atom is -0.355 e. The molecular formula is C30H29Cl2N5. The first-order chi connectivity index (χ1) is 17.9. The highest BCUT2D eigenvalue weighted by molar-refractivity contribution is 6.36. The van der Waals surface area contributed by atoms with E-state index in [9.17, 15) is 0 Å². The number of aromatic nitrogens is 2. The molecule has 37 heavy (non-hydrogen) atoms. The van der Waals surface area contributed by atoms with Crippen LogP contribution in [-0.2, 0) is 0 Å². The van der Waals surface area contributed by atoms with Crippen LogP contribution in [0.4, 0.5) is 17.2 Å². The number of benzene rings is 2. The standard InChI is InChI=1S/C30H29Cl2N5/c1-17(19-3-4-19)25-15-34-28-7-5-20(21-12-26(31)18(2)27(32)13-21)11-24(28)30(25)36-23-6-8-29(35-14-23)37-10-9-22(33)16-37/h5-8,11-15,19,22H,1,3-4,9-10,16,33H2,2H3,(H,34,36). The van der Waals surface area contributed by atoms with Gasteiger partial charge in [0.2, 0.25) is 0 Å². The molecule has 1 aliphatic carbocycles. The molecule has 5 nitrogen and oxygen atoms in total. The molecular weight excluding hydrogens is 501 g/mol. The normalized spacial score (nSPS) is 17.4. The summed E-state index contributed by atoms with van der Waals surface area (Å²) >= 11 is 12.9. The van der Waals surface area contributed by atoms with Gasteiger partial charge in [-0.2, -0.15) is 0 Å². The number of halogens is 2. The number of fused-ring (bicyclic) bond motifs is 1. The van der Waals surface area contributed by atoms with Gasteiger partial charge in [0.25, 0.3) is 0 Å². The maximum atomic E-state index is 6.46. The fraction of sp³-hybridized carbons (Fsp3) is 0.267. The highest BCUT2D eigenvalue weighted by Gasteiger charge is 2.28. The molecule has 2 aromatic heterocycles. The van der Waals surface area contributed by atoms with Crippen molar-refractivity contribution in [2.24, 2.45) is 11.7 Å². The van der Waals surface area contributed by atoms with Crippen molar-refractivity contribution in [3.8, 4) is 11.1 Å². The molecule has 1 atom stereocenters. The van der Waals surface area contributed by atoms with Gasteiger partial charge < -0.3 is 16.0 Å². The van der Waals surface area contributed by atoms with Crippen molar-refractivity contribution in [3.05, 3.63) is 82.6 Å². The Morgan fingerprint density at radius 1 is 1.00 bits per heavy atom. The molecule has 2 aliphatic rings. The average Bonchev–Trinajstić information content (AvgIpc) is 3.67. The summed E-state index contributed by atoms with van der Waals surface area (Å²) in [6, 6.07) is 14.5. The SMILES string of the molecule is C=C(c1cnc2ccc(-c3cc(Cl)c(C)c(Cl)c3)cc2c1Nc1ccc(N2CCC(N)C2)nc1)C1CC1. The third-order valence-electron chi connectivity index (χ3n) is 7.46. The average molecular weight is 531 g/mol. The van der Waals surface area contributed by atoms with E-state index in [-0.39, 0.29) is 6.04 Å². The molecule has 1 saturated carbocycles. The van der Waals surface area contributed by atoms with Crippen LogP contribution in [0.2, 0.25) is 10.0 Å². The Balaban J connectivity index is 1.42. The third kappa shape index (κ3) is 4.79. The summed E-state index contributed by atoms with van der Waals surface area (Å²) in [7, 11) is 0. The van der Waals surface area contributed by atoms with Gasteiger partial charge in [0.1, 0.15) is 5.82 Å². The highest BCUT2D eigenvalue weighted by atomic mass is 35.5. The summed E-state index contributed by atoms with van der Waals surface area (Å²) in [5.74, 6) is 1.47.